The number of aliphatic imine (C=N–C) groups is 1. The molecule has 0 radical (unpaired) electrons. The Morgan fingerprint density at radius 3 is 2.55 bits per heavy atom. The van der Waals surface area contributed by atoms with Gasteiger partial charge < -0.3 is 0 Å². The number of hydrogen-bond donors (Lipinski definition) is 2. The Balaban J connectivity index is 2.62. The minimum Gasteiger partial charge on any atom is -0.289 e. The first-order valence-electron chi connectivity index (χ1n) is 6.06. The Morgan fingerprint density at radius 1 is 1.25 bits per heavy atom. The number of hydrogen-bond acceptors (Lipinski definition) is 4. The first kappa shape index (κ1) is 14.9. The molecule has 0 heterocycles. The van der Waals surface area contributed by atoms with E-state index in [0.717, 1.165) is 21.9 Å². The fourth-order valence-corrected chi connectivity index (χ4v) is 2.29. The lowest BCUT2D eigenvalue weighted by Crippen LogP contribution is -2.16. The second kappa shape index (κ2) is 6.79. The number of hydroxylamine groups is 1. The van der Waals surface area contributed by atoms with Crippen LogP contribution in [0.25, 0.3) is 0 Å². The molecule has 0 atom stereocenters. The molecule has 2 aromatic carbocycles. The highest BCUT2D eigenvalue weighted by atomic mass is 35.5. The Hall–Kier alpha value is -1.49. The van der Waals surface area contributed by atoms with Crippen molar-refractivity contribution >= 4 is 35.6 Å². The summed E-state index contributed by atoms with van der Waals surface area (Å²) >= 11 is 10.3. The predicted octanol–water partition coefficient (Wildman–Crippen LogP) is 3.89. The van der Waals surface area contributed by atoms with Gasteiger partial charge in [-0.3, -0.25) is 15.3 Å². The number of nitrogens with zero attached hydrogens (tertiary/aromatic N) is 2. The topological polar surface area (TPSA) is 35.8 Å². The van der Waals surface area contributed by atoms with Crippen LogP contribution < -0.4 is 5.06 Å². The molecule has 5 heteroatoms. The summed E-state index contributed by atoms with van der Waals surface area (Å²) in [4.78, 5) is 4.43. The molecule has 0 unspecified atom stereocenters. The Labute approximate surface area is 128 Å². The molecule has 0 amide bonds. The van der Waals surface area contributed by atoms with Gasteiger partial charge in [-0.15, -0.1) is 0 Å². The van der Waals surface area contributed by atoms with E-state index in [4.69, 9.17) is 11.6 Å². The van der Waals surface area contributed by atoms with Crippen LogP contribution in [0.2, 0.25) is 5.02 Å². The lowest BCUT2D eigenvalue weighted by atomic mass is 10.0. The van der Waals surface area contributed by atoms with Crippen molar-refractivity contribution in [2.45, 2.75) is 0 Å². The first-order valence-corrected chi connectivity index (χ1v) is 7.08. The van der Waals surface area contributed by atoms with Gasteiger partial charge in [0.1, 0.15) is 0 Å². The zero-order valence-electron chi connectivity index (χ0n) is 11.0. The Kier molecular flexibility index (Phi) is 5.06. The first-order chi connectivity index (χ1) is 9.63. The summed E-state index contributed by atoms with van der Waals surface area (Å²) in [6.07, 6.45) is 0. The van der Waals surface area contributed by atoms with Gasteiger partial charge in [0.05, 0.1) is 17.3 Å². The fourth-order valence-electron chi connectivity index (χ4n) is 1.98. The third kappa shape index (κ3) is 3.33. The van der Waals surface area contributed by atoms with E-state index in [0.29, 0.717) is 16.6 Å². The summed E-state index contributed by atoms with van der Waals surface area (Å²) in [6, 6.07) is 15.0. The highest BCUT2D eigenvalue weighted by Gasteiger charge is 2.14. The molecule has 0 aliphatic rings. The number of rotatable bonds is 4. The Bertz CT molecular complexity index is 615. The number of benzene rings is 2. The third-order valence-electron chi connectivity index (χ3n) is 2.84. The van der Waals surface area contributed by atoms with Crippen LogP contribution in [-0.4, -0.2) is 23.8 Å². The number of halogens is 1. The highest BCUT2D eigenvalue weighted by Crippen LogP contribution is 2.26. The number of thiol groups is 1. The molecular weight excluding hydrogens is 292 g/mol. The average molecular weight is 307 g/mol. The van der Waals surface area contributed by atoms with E-state index in [1.54, 1.807) is 25.2 Å². The zero-order valence-corrected chi connectivity index (χ0v) is 12.6. The summed E-state index contributed by atoms with van der Waals surface area (Å²) < 4.78 is 0. The molecule has 0 aliphatic carbocycles. The van der Waals surface area contributed by atoms with E-state index in [9.17, 15) is 5.21 Å². The van der Waals surface area contributed by atoms with Crippen LogP contribution in [0.5, 0.6) is 0 Å². The molecule has 0 bridgehead atoms. The van der Waals surface area contributed by atoms with Gasteiger partial charge in [-0.1, -0.05) is 41.9 Å². The maximum Gasteiger partial charge on any atom is 0.0822 e. The average Bonchev–Trinajstić information content (AvgIpc) is 2.45. The summed E-state index contributed by atoms with van der Waals surface area (Å²) in [5, 5.41) is 11.4. The minimum atomic E-state index is 0.353. The van der Waals surface area contributed by atoms with Crippen LogP contribution in [0.3, 0.4) is 0 Å². The van der Waals surface area contributed by atoms with E-state index in [1.807, 2.05) is 30.3 Å². The highest BCUT2D eigenvalue weighted by molar-refractivity contribution is 7.80. The SMILES string of the molecule is CN(O)c1ccc(Cl)cc1/C(=N\CS)c1ccccc1. The van der Waals surface area contributed by atoms with Crippen molar-refractivity contribution < 1.29 is 5.21 Å². The zero-order chi connectivity index (χ0) is 14.5. The molecule has 0 saturated heterocycles. The Morgan fingerprint density at radius 2 is 1.95 bits per heavy atom. The molecule has 1 N–H and O–H groups in total. The molecule has 2 rings (SSSR count). The van der Waals surface area contributed by atoms with Crippen LogP contribution >= 0.6 is 24.2 Å². The van der Waals surface area contributed by atoms with Crippen molar-refractivity contribution in [3.8, 4) is 0 Å². The van der Waals surface area contributed by atoms with E-state index >= 15 is 0 Å². The van der Waals surface area contributed by atoms with Crippen molar-refractivity contribution in [1.29, 1.82) is 0 Å². The monoisotopic (exact) mass is 306 g/mol. The van der Waals surface area contributed by atoms with Gasteiger partial charge in [0.25, 0.3) is 0 Å². The number of anilines is 1. The third-order valence-corrected chi connectivity index (χ3v) is 3.21. The van der Waals surface area contributed by atoms with Gasteiger partial charge in [0.2, 0.25) is 0 Å². The molecule has 2 aromatic rings. The summed E-state index contributed by atoms with van der Waals surface area (Å²) in [6.45, 7) is 0. The van der Waals surface area contributed by atoms with Crippen LogP contribution in [-0.2, 0) is 0 Å². The molecule has 0 spiro atoms. The largest absolute Gasteiger partial charge is 0.289 e. The summed E-state index contributed by atoms with van der Waals surface area (Å²) in [5.74, 6) is 0.353. The van der Waals surface area contributed by atoms with E-state index < -0.39 is 0 Å². The van der Waals surface area contributed by atoms with Crippen molar-refractivity contribution in [3.05, 3.63) is 64.7 Å². The quantitative estimate of drug-likeness (QED) is 0.511. The van der Waals surface area contributed by atoms with Gasteiger partial charge in [0, 0.05) is 23.2 Å². The van der Waals surface area contributed by atoms with Gasteiger partial charge in [-0.05, 0) is 18.2 Å². The van der Waals surface area contributed by atoms with Crippen molar-refractivity contribution in [2.24, 2.45) is 4.99 Å². The molecule has 0 aromatic heterocycles. The molecule has 20 heavy (non-hydrogen) atoms. The van der Waals surface area contributed by atoms with Gasteiger partial charge in [-0.2, -0.15) is 12.6 Å². The van der Waals surface area contributed by atoms with Gasteiger partial charge in [-0.25, -0.2) is 0 Å². The van der Waals surface area contributed by atoms with E-state index in [1.165, 1.54) is 0 Å². The van der Waals surface area contributed by atoms with Crippen LogP contribution in [0.15, 0.2) is 53.5 Å². The lowest BCUT2D eigenvalue weighted by molar-refractivity contribution is 0.279. The van der Waals surface area contributed by atoms with Crippen LogP contribution in [0.4, 0.5) is 5.69 Å². The lowest BCUT2D eigenvalue weighted by Gasteiger charge is -2.17. The summed E-state index contributed by atoms with van der Waals surface area (Å²) in [7, 11) is 1.57. The van der Waals surface area contributed by atoms with E-state index in [-0.39, 0.29) is 0 Å². The smallest absolute Gasteiger partial charge is 0.0822 e. The minimum absolute atomic E-state index is 0.353. The van der Waals surface area contributed by atoms with Gasteiger partial charge in [0.15, 0.2) is 0 Å². The second-order valence-electron chi connectivity index (χ2n) is 4.20. The molecule has 104 valence electrons. The second-order valence-corrected chi connectivity index (χ2v) is 4.92. The van der Waals surface area contributed by atoms with Crippen LogP contribution in [0, 0.1) is 0 Å². The fraction of sp³-hybridized carbons (Fsp3) is 0.133. The molecule has 3 nitrogen and oxygen atoms in total. The molecule has 0 fully saturated rings. The normalized spacial score (nSPS) is 11.5. The van der Waals surface area contributed by atoms with E-state index in [2.05, 4.69) is 17.6 Å². The summed E-state index contributed by atoms with van der Waals surface area (Å²) in [5.41, 5.74) is 3.10. The molecule has 0 aliphatic heterocycles. The molecular formula is C15H15ClN2OS. The van der Waals surface area contributed by atoms with Gasteiger partial charge >= 0.3 is 0 Å². The standard InChI is InChI=1S/C15H15ClN2OS/c1-18(19)14-8-7-12(16)9-13(14)15(17-10-20)11-5-3-2-4-6-11/h2-9,19-20H,10H2,1H3/b17-15-. The maximum absolute atomic E-state index is 9.78. The van der Waals surface area contributed by atoms with Crippen LogP contribution in [0.1, 0.15) is 11.1 Å². The van der Waals surface area contributed by atoms with Crippen molar-refractivity contribution in [2.75, 3.05) is 18.0 Å². The van der Waals surface area contributed by atoms with Crippen molar-refractivity contribution in [3.63, 3.8) is 0 Å². The predicted molar refractivity (Wildman–Crippen MR) is 87.6 cm³/mol. The maximum atomic E-state index is 9.78. The van der Waals surface area contributed by atoms with Crippen molar-refractivity contribution in [1.82, 2.24) is 0 Å². The molecule has 0 saturated carbocycles.